The topological polar surface area (TPSA) is 200 Å². The van der Waals surface area contributed by atoms with Crippen molar-refractivity contribution >= 4 is 11.0 Å². The molecule has 0 saturated carbocycles. The summed E-state index contributed by atoms with van der Waals surface area (Å²) < 4.78 is 21.8. The molecule has 7 N–H and O–H groups in total. The summed E-state index contributed by atoms with van der Waals surface area (Å²) >= 11 is 0. The van der Waals surface area contributed by atoms with E-state index in [4.69, 9.17) is 18.6 Å². The lowest BCUT2D eigenvalue weighted by atomic mass is 9.99. The zero-order valence-electron chi connectivity index (χ0n) is 17.7. The normalized spacial score (nSPS) is 24.8. The van der Waals surface area contributed by atoms with Crippen molar-refractivity contribution in [3.63, 3.8) is 0 Å². The maximum atomic E-state index is 13.4. The van der Waals surface area contributed by atoms with Crippen molar-refractivity contribution in [1.82, 2.24) is 0 Å². The van der Waals surface area contributed by atoms with Crippen LogP contribution < -0.4 is 14.9 Å². The van der Waals surface area contributed by atoms with Crippen LogP contribution in [0.25, 0.3) is 22.3 Å². The van der Waals surface area contributed by atoms with E-state index in [1.807, 2.05) is 0 Å². The number of methoxy groups -OCH3 is 1. The van der Waals surface area contributed by atoms with E-state index in [0.717, 1.165) is 12.1 Å². The number of rotatable bonds is 5. The minimum Gasteiger partial charge on any atom is -0.507 e. The third-order valence-electron chi connectivity index (χ3n) is 5.46. The van der Waals surface area contributed by atoms with Gasteiger partial charge in [-0.2, -0.15) is 0 Å². The molecule has 3 aromatic rings. The maximum absolute atomic E-state index is 13.4. The molecule has 0 spiro atoms. The van der Waals surface area contributed by atoms with Crippen molar-refractivity contribution in [3.8, 4) is 40.1 Å². The number of hydrogen-bond acceptors (Lipinski definition) is 12. The van der Waals surface area contributed by atoms with Crippen LogP contribution >= 0.6 is 0 Å². The van der Waals surface area contributed by atoms with Crippen molar-refractivity contribution in [1.29, 1.82) is 0 Å². The molecule has 12 heteroatoms. The number of phenols is 3. The van der Waals surface area contributed by atoms with E-state index in [2.05, 4.69) is 0 Å². The Labute approximate surface area is 191 Å². The van der Waals surface area contributed by atoms with Crippen molar-refractivity contribution < 1.29 is 54.4 Å². The molecule has 2 heterocycles. The van der Waals surface area contributed by atoms with Crippen LogP contribution in [0.1, 0.15) is 0 Å². The summed E-state index contributed by atoms with van der Waals surface area (Å²) in [6.45, 7) is -0.726. The lowest BCUT2D eigenvalue weighted by molar-refractivity contribution is -0.277. The molecule has 2 aromatic carbocycles. The third-order valence-corrected chi connectivity index (χ3v) is 5.46. The van der Waals surface area contributed by atoms with Gasteiger partial charge in [0.1, 0.15) is 46.9 Å². The van der Waals surface area contributed by atoms with Gasteiger partial charge in [0, 0.05) is 17.7 Å². The Hall–Kier alpha value is -3.55. The molecule has 0 radical (unpaired) electrons. The van der Waals surface area contributed by atoms with Crippen LogP contribution in [0.3, 0.4) is 0 Å². The highest BCUT2D eigenvalue weighted by Gasteiger charge is 2.45. The SMILES string of the molecule is COc1cc(O)c2c(=O)c(O[C@H]3O[C@@H](CO)[C@@H](O)[C@@H](O)[C@H]3O)c(-c3ccc(O)c(O)c3)oc2c1. The Morgan fingerprint density at radius 1 is 0.941 bits per heavy atom. The molecule has 1 aromatic heterocycles. The number of phenolic OH excluding ortho intramolecular Hbond substituents is 3. The standard InChI is InChI=1S/C22H22O12/c1-31-9-5-12(26)15-13(6-9)32-20(8-2-3-10(24)11(25)4-8)21(17(15)28)34-22-19(30)18(29)16(27)14(7-23)33-22/h2-6,14,16,18-19,22-27,29-30H,7H2,1H3/t14-,16+,18+,19+,22+/m0/s1. The van der Waals surface area contributed by atoms with Crippen LogP contribution in [-0.4, -0.2) is 80.2 Å². The van der Waals surface area contributed by atoms with Gasteiger partial charge >= 0.3 is 0 Å². The van der Waals surface area contributed by atoms with Crippen molar-refractivity contribution in [2.24, 2.45) is 0 Å². The molecule has 0 aliphatic carbocycles. The molecule has 1 aliphatic heterocycles. The summed E-state index contributed by atoms with van der Waals surface area (Å²) in [6.07, 6.45) is -8.31. The van der Waals surface area contributed by atoms with Crippen molar-refractivity contribution in [3.05, 3.63) is 40.6 Å². The monoisotopic (exact) mass is 478 g/mol. The highest BCUT2D eigenvalue weighted by atomic mass is 16.7. The lowest BCUT2D eigenvalue weighted by Gasteiger charge is -2.39. The minimum absolute atomic E-state index is 0.0659. The Kier molecular flexibility index (Phi) is 6.25. The first-order valence-corrected chi connectivity index (χ1v) is 10.0. The molecule has 182 valence electrons. The average molecular weight is 478 g/mol. The Morgan fingerprint density at radius 2 is 1.68 bits per heavy atom. The number of hydrogen-bond donors (Lipinski definition) is 7. The number of aromatic hydroxyl groups is 3. The van der Waals surface area contributed by atoms with Crippen molar-refractivity contribution in [2.45, 2.75) is 30.7 Å². The van der Waals surface area contributed by atoms with Crippen LogP contribution in [0, 0.1) is 0 Å². The van der Waals surface area contributed by atoms with E-state index >= 15 is 0 Å². The van der Waals surface area contributed by atoms with Gasteiger partial charge in [0.2, 0.25) is 17.5 Å². The molecule has 0 bridgehead atoms. The number of ether oxygens (including phenoxy) is 3. The molecule has 0 unspecified atom stereocenters. The summed E-state index contributed by atoms with van der Waals surface area (Å²) in [5.74, 6) is -2.16. The lowest BCUT2D eigenvalue weighted by Crippen LogP contribution is -2.60. The van der Waals surface area contributed by atoms with Gasteiger partial charge < -0.3 is 54.4 Å². The largest absolute Gasteiger partial charge is 0.507 e. The van der Waals surface area contributed by atoms with Crippen LogP contribution in [0.5, 0.6) is 28.7 Å². The highest BCUT2D eigenvalue weighted by Crippen LogP contribution is 2.39. The molecule has 1 fully saturated rings. The second-order valence-electron chi connectivity index (χ2n) is 7.63. The van der Waals surface area contributed by atoms with E-state index in [0.29, 0.717) is 0 Å². The predicted octanol–water partition coefficient (Wildman–Crippen LogP) is -0.236. The van der Waals surface area contributed by atoms with Gasteiger partial charge in [0.15, 0.2) is 17.3 Å². The zero-order chi connectivity index (χ0) is 24.7. The third kappa shape index (κ3) is 3.97. The summed E-state index contributed by atoms with van der Waals surface area (Å²) in [5, 5.41) is 69.5. The van der Waals surface area contributed by atoms with E-state index in [-0.39, 0.29) is 28.0 Å². The minimum atomic E-state index is -1.83. The van der Waals surface area contributed by atoms with Gasteiger partial charge in [-0.15, -0.1) is 0 Å². The van der Waals surface area contributed by atoms with Gasteiger partial charge in [-0.25, -0.2) is 0 Å². The number of aliphatic hydroxyl groups is 4. The molecular formula is C22H22O12. The Balaban J connectivity index is 1.92. The fourth-order valence-corrected chi connectivity index (χ4v) is 3.62. The first-order chi connectivity index (χ1) is 16.2. The highest BCUT2D eigenvalue weighted by molar-refractivity contribution is 5.88. The van der Waals surface area contributed by atoms with E-state index in [1.165, 1.54) is 25.3 Å². The second-order valence-corrected chi connectivity index (χ2v) is 7.63. The number of aliphatic hydroxyl groups excluding tert-OH is 4. The van der Waals surface area contributed by atoms with E-state index < -0.39 is 65.7 Å². The van der Waals surface area contributed by atoms with Gasteiger partial charge in [-0.3, -0.25) is 4.79 Å². The maximum Gasteiger partial charge on any atom is 0.239 e. The predicted molar refractivity (Wildman–Crippen MR) is 114 cm³/mol. The van der Waals surface area contributed by atoms with Crippen molar-refractivity contribution in [2.75, 3.05) is 13.7 Å². The van der Waals surface area contributed by atoms with Gasteiger partial charge in [0.25, 0.3) is 0 Å². The number of benzene rings is 2. The van der Waals surface area contributed by atoms with Crippen LogP contribution in [0.4, 0.5) is 0 Å². The van der Waals surface area contributed by atoms with Gasteiger partial charge in [0.05, 0.1) is 13.7 Å². The van der Waals surface area contributed by atoms with E-state index in [9.17, 15) is 40.5 Å². The first kappa shape index (κ1) is 23.6. The van der Waals surface area contributed by atoms with Crippen LogP contribution in [0.15, 0.2) is 39.5 Å². The fourth-order valence-electron chi connectivity index (χ4n) is 3.62. The molecule has 1 aliphatic rings. The Bertz CT molecular complexity index is 1270. The summed E-state index contributed by atoms with van der Waals surface area (Å²) in [5.41, 5.74) is -0.942. The Morgan fingerprint density at radius 3 is 2.32 bits per heavy atom. The number of fused-ring (bicyclic) bond motifs is 1. The quantitative estimate of drug-likeness (QED) is 0.238. The average Bonchev–Trinajstić information content (AvgIpc) is 2.82. The molecule has 0 amide bonds. The fraction of sp³-hybridized carbons (Fsp3) is 0.318. The second kappa shape index (κ2) is 9.00. The van der Waals surface area contributed by atoms with Crippen LogP contribution in [0.2, 0.25) is 0 Å². The summed E-state index contributed by atoms with van der Waals surface area (Å²) in [4.78, 5) is 13.4. The smallest absolute Gasteiger partial charge is 0.239 e. The molecule has 1 saturated heterocycles. The van der Waals surface area contributed by atoms with Crippen LogP contribution in [-0.2, 0) is 4.74 Å². The molecule has 34 heavy (non-hydrogen) atoms. The molecule has 12 nitrogen and oxygen atoms in total. The van der Waals surface area contributed by atoms with Gasteiger partial charge in [-0.1, -0.05) is 0 Å². The summed E-state index contributed by atoms with van der Waals surface area (Å²) in [7, 11) is 1.34. The van der Waals surface area contributed by atoms with E-state index in [1.54, 1.807) is 0 Å². The van der Waals surface area contributed by atoms with Gasteiger partial charge in [-0.05, 0) is 18.2 Å². The molecule has 4 rings (SSSR count). The zero-order valence-corrected chi connectivity index (χ0v) is 17.7. The summed E-state index contributed by atoms with van der Waals surface area (Å²) in [6, 6.07) is 6.02. The molecule has 5 atom stereocenters. The molecular weight excluding hydrogens is 456 g/mol. The first-order valence-electron chi connectivity index (χ1n) is 10.0.